The van der Waals surface area contributed by atoms with Crippen molar-refractivity contribution in [1.29, 1.82) is 0 Å². The highest BCUT2D eigenvalue weighted by Crippen LogP contribution is 2.29. The van der Waals surface area contributed by atoms with Gasteiger partial charge in [0.1, 0.15) is 5.75 Å². The Labute approximate surface area is 126 Å². The van der Waals surface area contributed by atoms with E-state index < -0.39 is 0 Å². The lowest BCUT2D eigenvalue weighted by Crippen LogP contribution is -2.20. The number of carbonyl (C=O) groups excluding carboxylic acids is 1. The van der Waals surface area contributed by atoms with Gasteiger partial charge < -0.3 is 15.8 Å². The number of ether oxygens (including phenoxy) is 1. The van der Waals surface area contributed by atoms with Crippen LogP contribution in [-0.2, 0) is 4.79 Å². The molecule has 0 aliphatic heterocycles. The van der Waals surface area contributed by atoms with Gasteiger partial charge in [0.15, 0.2) is 6.61 Å². The molecule has 0 unspecified atom stereocenters. The molecule has 3 N–H and O–H groups in total. The zero-order valence-corrected chi connectivity index (χ0v) is 11.9. The summed E-state index contributed by atoms with van der Waals surface area (Å²) in [6.45, 7) is -0.147. The normalized spacial score (nSPS) is 10.1. The summed E-state index contributed by atoms with van der Waals surface area (Å²) >= 11 is 11.8. The van der Waals surface area contributed by atoms with Crippen molar-refractivity contribution in [3.63, 3.8) is 0 Å². The highest BCUT2D eigenvalue weighted by Gasteiger charge is 2.08. The summed E-state index contributed by atoms with van der Waals surface area (Å²) in [7, 11) is 0. The van der Waals surface area contributed by atoms with Crippen molar-refractivity contribution in [1.82, 2.24) is 0 Å². The van der Waals surface area contributed by atoms with Gasteiger partial charge in [-0.15, -0.1) is 0 Å². The fraction of sp³-hybridized carbons (Fsp3) is 0.0714. The van der Waals surface area contributed by atoms with Gasteiger partial charge in [-0.3, -0.25) is 4.79 Å². The van der Waals surface area contributed by atoms with Crippen LogP contribution < -0.4 is 15.8 Å². The molecule has 0 radical (unpaired) electrons. The Kier molecular flexibility index (Phi) is 4.71. The lowest BCUT2D eigenvalue weighted by molar-refractivity contribution is -0.118. The van der Waals surface area contributed by atoms with Crippen molar-refractivity contribution in [2.24, 2.45) is 0 Å². The number of benzene rings is 2. The molecule has 2 rings (SSSR count). The van der Waals surface area contributed by atoms with Crippen LogP contribution in [-0.4, -0.2) is 12.5 Å². The lowest BCUT2D eigenvalue weighted by Gasteiger charge is -2.09. The highest BCUT2D eigenvalue weighted by molar-refractivity contribution is 6.43. The fourth-order valence-electron chi connectivity index (χ4n) is 1.54. The molecule has 0 aliphatic carbocycles. The van der Waals surface area contributed by atoms with Gasteiger partial charge in [-0.1, -0.05) is 35.3 Å². The molecular weight excluding hydrogens is 299 g/mol. The first-order chi connectivity index (χ1) is 9.56. The lowest BCUT2D eigenvalue weighted by atomic mass is 10.3. The summed E-state index contributed by atoms with van der Waals surface area (Å²) in [6, 6.07) is 11.8. The number of halogens is 2. The van der Waals surface area contributed by atoms with Gasteiger partial charge in [0.05, 0.1) is 15.7 Å². The molecule has 0 atom stereocenters. The third kappa shape index (κ3) is 3.79. The SMILES string of the molecule is Nc1cccc(OCC(=O)Nc2cccc(Cl)c2Cl)c1. The summed E-state index contributed by atoms with van der Waals surface area (Å²) < 4.78 is 5.32. The third-order valence-corrected chi connectivity index (χ3v) is 3.27. The van der Waals surface area contributed by atoms with E-state index in [0.717, 1.165) is 0 Å². The predicted molar refractivity (Wildman–Crippen MR) is 81.4 cm³/mol. The standard InChI is InChI=1S/C14H12Cl2N2O2/c15-11-5-2-6-12(14(11)16)18-13(19)8-20-10-4-1-3-9(17)7-10/h1-7H,8,17H2,(H,18,19). The number of amides is 1. The number of anilines is 2. The van der Waals surface area contributed by atoms with Crippen molar-refractivity contribution >= 4 is 40.5 Å². The molecule has 4 nitrogen and oxygen atoms in total. The first kappa shape index (κ1) is 14.5. The Morgan fingerprint density at radius 1 is 1.20 bits per heavy atom. The van der Waals surface area contributed by atoms with Crippen molar-refractivity contribution < 1.29 is 9.53 Å². The summed E-state index contributed by atoms with van der Waals surface area (Å²) in [6.07, 6.45) is 0. The van der Waals surface area contributed by atoms with E-state index in [1.807, 2.05) is 0 Å². The van der Waals surface area contributed by atoms with Gasteiger partial charge in [-0.25, -0.2) is 0 Å². The molecule has 0 fully saturated rings. The minimum atomic E-state index is -0.336. The van der Waals surface area contributed by atoms with Crippen LogP contribution in [0.5, 0.6) is 5.75 Å². The monoisotopic (exact) mass is 310 g/mol. The number of rotatable bonds is 4. The number of nitrogens with two attached hydrogens (primary N) is 1. The number of hydrogen-bond donors (Lipinski definition) is 2. The molecule has 0 bridgehead atoms. The Balaban J connectivity index is 1.94. The van der Waals surface area contributed by atoms with E-state index in [-0.39, 0.29) is 12.5 Å². The average molecular weight is 311 g/mol. The van der Waals surface area contributed by atoms with Crippen LogP contribution in [0.4, 0.5) is 11.4 Å². The number of hydrogen-bond acceptors (Lipinski definition) is 3. The third-order valence-electron chi connectivity index (χ3n) is 2.45. The van der Waals surface area contributed by atoms with Crippen molar-refractivity contribution in [3.05, 3.63) is 52.5 Å². The van der Waals surface area contributed by atoms with Crippen LogP contribution >= 0.6 is 23.2 Å². The van der Waals surface area contributed by atoms with Crippen LogP contribution in [0.25, 0.3) is 0 Å². The number of nitrogens with one attached hydrogen (secondary N) is 1. The van der Waals surface area contributed by atoms with Crippen molar-refractivity contribution in [3.8, 4) is 5.75 Å². The van der Waals surface area contributed by atoms with Crippen LogP contribution in [0, 0.1) is 0 Å². The van der Waals surface area contributed by atoms with Crippen LogP contribution in [0.15, 0.2) is 42.5 Å². The Bertz CT molecular complexity index is 632. The van der Waals surface area contributed by atoms with Gasteiger partial charge in [0.25, 0.3) is 5.91 Å². The van der Waals surface area contributed by atoms with E-state index in [2.05, 4.69) is 5.32 Å². The molecule has 0 saturated carbocycles. The second-order valence-electron chi connectivity index (χ2n) is 4.01. The molecule has 6 heteroatoms. The summed E-state index contributed by atoms with van der Waals surface area (Å²) in [5.41, 5.74) is 6.63. The molecule has 0 spiro atoms. The van der Waals surface area contributed by atoms with Gasteiger partial charge in [-0.05, 0) is 24.3 Å². The van der Waals surface area contributed by atoms with Crippen LogP contribution in [0.1, 0.15) is 0 Å². The number of carbonyl (C=O) groups is 1. The number of nitrogen functional groups attached to an aromatic ring is 1. The largest absolute Gasteiger partial charge is 0.484 e. The van der Waals surface area contributed by atoms with Crippen molar-refractivity contribution in [2.45, 2.75) is 0 Å². The van der Waals surface area contributed by atoms with E-state index in [4.69, 9.17) is 33.7 Å². The summed E-state index contributed by atoms with van der Waals surface area (Å²) in [5.74, 6) is 0.189. The molecule has 2 aromatic carbocycles. The van der Waals surface area contributed by atoms with E-state index in [1.54, 1.807) is 42.5 Å². The molecule has 20 heavy (non-hydrogen) atoms. The van der Waals surface area contributed by atoms with Gasteiger partial charge >= 0.3 is 0 Å². The first-order valence-electron chi connectivity index (χ1n) is 5.78. The molecule has 0 heterocycles. The Hall–Kier alpha value is -1.91. The van der Waals surface area contributed by atoms with Crippen LogP contribution in [0.3, 0.4) is 0 Å². The molecule has 0 saturated heterocycles. The molecule has 0 aliphatic rings. The quantitative estimate of drug-likeness (QED) is 0.848. The smallest absolute Gasteiger partial charge is 0.262 e. The van der Waals surface area contributed by atoms with Crippen molar-refractivity contribution in [2.75, 3.05) is 17.7 Å². The zero-order chi connectivity index (χ0) is 14.5. The van der Waals surface area contributed by atoms with E-state index >= 15 is 0 Å². The average Bonchev–Trinajstić information content (AvgIpc) is 2.42. The summed E-state index contributed by atoms with van der Waals surface area (Å²) in [4.78, 5) is 11.8. The topological polar surface area (TPSA) is 64.3 Å². The van der Waals surface area contributed by atoms with Gasteiger partial charge in [-0.2, -0.15) is 0 Å². The zero-order valence-electron chi connectivity index (χ0n) is 10.4. The maximum absolute atomic E-state index is 11.8. The predicted octanol–water partition coefficient (Wildman–Crippen LogP) is 3.59. The Morgan fingerprint density at radius 3 is 2.70 bits per heavy atom. The molecule has 2 aromatic rings. The highest BCUT2D eigenvalue weighted by atomic mass is 35.5. The minimum Gasteiger partial charge on any atom is -0.484 e. The van der Waals surface area contributed by atoms with Crippen LogP contribution in [0.2, 0.25) is 10.0 Å². The minimum absolute atomic E-state index is 0.147. The van der Waals surface area contributed by atoms with Gasteiger partial charge in [0.2, 0.25) is 0 Å². The molecule has 104 valence electrons. The molecule has 1 amide bonds. The summed E-state index contributed by atoms with van der Waals surface area (Å²) in [5, 5.41) is 3.30. The second kappa shape index (κ2) is 6.50. The first-order valence-corrected chi connectivity index (χ1v) is 6.54. The maximum atomic E-state index is 11.8. The molecular formula is C14H12Cl2N2O2. The van der Waals surface area contributed by atoms with E-state index in [0.29, 0.717) is 27.2 Å². The molecule has 0 aromatic heterocycles. The Morgan fingerprint density at radius 2 is 1.95 bits per heavy atom. The maximum Gasteiger partial charge on any atom is 0.262 e. The van der Waals surface area contributed by atoms with Gasteiger partial charge in [0, 0.05) is 11.8 Å². The van der Waals surface area contributed by atoms with E-state index in [9.17, 15) is 4.79 Å². The van der Waals surface area contributed by atoms with E-state index in [1.165, 1.54) is 0 Å². The fourth-order valence-corrected chi connectivity index (χ4v) is 1.89. The second-order valence-corrected chi connectivity index (χ2v) is 4.80.